The fourth-order valence-electron chi connectivity index (χ4n) is 5.02. The van der Waals surface area contributed by atoms with Gasteiger partial charge in [0, 0.05) is 0 Å². The van der Waals surface area contributed by atoms with Gasteiger partial charge < -0.3 is 0 Å². The summed E-state index contributed by atoms with van der Waals surface area (Å²) in [5.41, 5.74) is 7.89. The molecule has 0 saturated heterocycles. The lowest BCUT2D eigenvalue weighted by atomic mass is 9.86. The van der Waals surface area contributed by atoms with Crippen molar-refractivity contribution in [3.8, 4) is 22.3 Å². The number of benzene rings is 6. The van der Waals surface area contributed by atoms with E-state index in [1.54, 1.807) is 0 Å². The lowest BCUT2D eigenvalue weighted by Crippen LogP contribution is -1.91. The van der Waals surface area contributed by atoms with E-state index in [4.69, 9.17) is 0 Å². The van der Waals surface area contributed by atoms with Gasteiger partial charge in [-0.15, -0.1) is 0 Å². The maximum Gasteiger partial charge on any atom is -0.00203 e. The minimum Gasteiger partial charge on any atom is -0.0620 e. The van der Waals surface area contributed by atoms with Gasteiger partial charge in [-0.05, 0) is 79.5 Å². The summed E-state index contributed by atoms with van der Waals surface area (Å²) < 4.78 is 0. The summed E-state index contributed by atoms with van der Waals surface area (Å²) in [4.78, 5) is 0. The summed E-state index contributed by atoms with van der Waals surface area (Å²) in [6.07, 6.45) is 0. The Hall–Kier alpha value is -3.64. The van der Waals surface area contributed by atoms with Crippen LogP contribution in [0.1, 0.15) is 11.1 Å². The highest BCUT2D eigenvalue weighted by molar-refractivity contribution is 6.27. The van der Waals surface area contributed by atoms with Crippen LogP contribution in [0.15, 0.2) is 97.1 Å². The van der Waals surface area contributed by atoms with Crippen molar-refractivity contribution in [3.05, 3.63) is 108 Å². The van der Waals surface area contributed by atoms with Crippen molar-refractivity contribution in [3.63, 3.8) is 0 Å². The standard InChI is InChI=1S/C30H22/c1-19-7-3-5-9-23(19)25-15-11-21-14-18-28-26(24-10-6-4-8-20(24)2)16-12-22-13-17-27(25)29(21)30(22)28/h3-18H,1-2H3. The summed E-state index contributed by atoms with van der Waals surface area (Å²) in [6, 6.07) is 35.7. The van der Waals surface area contributed by atoms with Gasteiger partial charge in [0.1, 0.15) is 0 Å². The molecule has 6 aromatic carbocycles. The normalized spacial score (nSPS) is 11.7. The maximum absolute atomic E-state index is 2.30. The summed E-state index contributed by atoms with van der Waals surface area (Å²) >= 11 is 0. The molecule has 142 valence electrons. The monoisotopic (exact) mass is 382 g/mol. The molecule has 0 nitrogen and oxygen atoms in total. The first kappa shape index (κ1) is 17.2. The largest absolute Gasteiger partial charge is 0.0620 e. The van der Waals surface area contributed by atoms with Gasteiger partial charge in [0.25, 0.3) is 0 Å². The van der Waals surface area contributed by atoms with Crippen molar-refractivity contribution in [2.75, 3.05) is 0 Å². The van der Waals surface area contributed by atoms with Crippen molar-refractivity contribution in [1.29, 1.82) is 0 Å². The fraction of sp³-hybridized carbons (Fsp3) is 0.0667. The van der Waals surface area contributed by atoms with E-state index in [1.165, 1.54) is 65.7 Å². The number of hydrogen-bond donors (Lipinski definition) is 0. The molecule has 0 aliphatic rings. The van der Waals surface area contributed by atoms with E-state index in [0.717, 1.165) is 0 Å². The molecule has 0 amide bonds. The Morgan fingerprint density at radius 1 is 0.367 bits per heavy atom. The zero-order valence-corrected chi connectivity index (χ0v) is 17.2. The van der Waals surface area contributed by atoms with Crippen LogP contribution in [-0.2, 0) is 0 Å². The average Bonchev–Trinajstić information content (AvgIpc) is 2.78. The second kappa shape index (κ2) is 6.43. The van der Waals surface area contributed by atoms with E-state index in [2.05, 4.69) is 111 Å². The predicted octanol–water partition coefficient (Wildman–Crippen LogP) is 8.53. The molecule has 0 saturated carbocycles. The van der Waals surface area contributed by atoms with Gasteiger partial charge in [0.15, 0.2) is 0 Å². The molecule has 30 heavy (non-hydrogen) atoms. The van der Waals surface area contributed by atoms with E-state index in [0.29, 0.717) is 0 Å². The third-order valence-electron chi connectivity index (χ3n) is 6.54. The number of hydrogen-bond acceptors (Lipinski definition) is 0. The second-order valence-corrected chi connectivity index (χ2v) is 8.28. The molecule has 0 radical (unpaired) electrons. The minimum atomic E-state index is 1.31. The lowest BCUT2D eigenvalue weighted by Gasteiger charge is -2.17. The second-order valence-electron chi connectivity index (χ2n) is 8.28. The quantitative estimate of drug-likeness (QED) is 0.263. The van der Waals surface area contributed by atoms with Crippen LogP contribution in [0.3, 0.4) is 0 Å². The minimum absolute atomic E-state index is 1.31. The molecule has 0 atom stereocenters. The molecule has 0 N–H and O–H groups in total. The SMILES string of the molecule is Cc1ccccc1-c1ccc2ccc3c(-c4ccccc4C)ccc4ccc1c2c43. The van der Waals surface area contributed by atoms with E-state index < -0.39 is 0 Å². The fourth-order valence-corrected chi connectivity index (χ4v) is 5.02. The first-order valence-corrected chi connectivity index (χ1v) is 10.5. The van der Waals surface area contributed by atoms with Crippen molar-refractivity contribution < 1.29 is 0 Å². The molecule has 0 unspecified atom stereocenters. The van der Waals surface area contributed by atoms with E-state index >= 15 is 0 Å². The van der Waals surface area contributed by atoms with Crippen LogP contribution >= 0.6 is 0 Å². The molecule has 0 heterocycles. The zero-order valence-electron chi connectivity index (χ0n) is 17.2. The van der Waals surface area contributed by atoms with Crippen LogP contribution in [0.2, 0.25) is 0 Å². The summed E-state index contributed by atoms with van der Waals surface area (Å²) in [7, 11) is 0. The predicted molar refractivity (Wildman–Crippen MR) is 130 cm³/mol. The maximum atomic E-state index is 2.30. The Labute approximate surface area is 176 Å². The first-order chi connectivity index (χ1) is 14.7. The molecular formula is C30H22. The summed E-state index contributed by atoms with van der Waals surface area (Å²) in [6.45, 7) is 4.40. The average molecular weight is 383 g/mol. The van der Waals surface area contributed by atoms with E-state index in [9.17, 15) is 0 Å². The van der Waals surface area contributed by atoms with Crippen LogP contribution in [-0.4, -0.2) is 0 Å². The van der Waals surface area contributed by atoms with Crippen LogP contribution < -0.4 is 0 Å². The highest BCUT2D eigenvalue weighted by Gasteiger charge is 2.15. The van der Waals surface area contributed by atoms with Crippen LogP contribution in [0.4, 0.5) is 0 Å². The third kappa shape index (κ3) is 2.40. The highest BCUT2D eigenvalue weighted by atomic mass is 14.2. The van der Waals surface area contributed by atoms with Crippen LogP contribution in [0.5, 0.6) is 0 Å². The lowest BCUT2D eigenvalue weighted by molar-refractivity contribution is 1.47. The molecule has 0 bridgehead atoms. The summed E-state index contributed by atoms with van der Waals surface area (Å²) in [5.74, 6) is 0. The van der Waals surface area contributed by atoms with Gasteiger partial charge in [-0.3, -0.25) is 0 Å². The number of aryl methyl sites for hydroxylation is 2. The number of rotatable bonds is 2. The van der Waals surface area contributed by atoms with Gasteiger partial charge in [0.2, 0.25) is 0 Å². The molecular weight excluding hydrogens is 360 g/mol. The van der Waals surface area contributed by atoms with Gasteiger partial charge >= 0.3 is 0 Å². The first-order valence-electron chi connectivity index (χ1n) is 10.5. The Balaban J connectivity index is 1.76. The molecule has 0 spiro atoms. The topological polar surface area (TPSA) is 0 Å². The van der Waals surface area contributed by atoms with Gasteiger partial charge in [-0.2, -0.15) is 0 Å². The van der Waals surface area contributed by atoms with Crippen molar-refractivity contribution in [2.24, 2.45) is 0 Å². The van der Waals surface area contributed by atoms with Crippen LogP contribution in [0.25, 0.3) is 54.6 Å². The zero-order chi connectivity index (χ0) is 20.2. The molecule has 0 fully saturated rings. The highest BCUT2D eigenvalue weighted by Crippen LogP contribution is 2.42. The van der Waals surface area contributed by atoms with E-state index in [1.807, 2.05) is 0 Å². The Bertz CT molecular complexity index is 1430. The van der Waals surface area contributed by atoms with Crippen molar-refractivity contribution >= 4 is 32.3 Å². The molecule has 0 aliphatic heterocycles. The van der Waals surface area contributed by atoms with Crippen molar-refractivity contribution in [2.45, 2.75) is 13.8 Å². The molecule has 0 heteroatoms. The Morgan fingerprint density at radius 3 is 1.20 bits per heavy atom. The molecule has 6 aromatic rings. The molecule has 0 aliphatic carbocycles. The molecule has 6 rings (SSSR count). The van der Waals surface area contributed by atoms with Gasteiger partial charge in [-0.25, -0.2) is 0 Å². The smallest absolute Gasteiger partial charge is 0.00203 e. The summed E-state index contributed by atoms with van der Waals surface area (Å²) in [5, 5.41) is 8.04. The Morgan fingerprint density at radius 2 is 0.767 bits per heavy atom. The van der Waals surface area contributed by atoms with Crippen molar-refractivity contribution in [1.82, 2.24) is 0 Å². The van der Waals surface area contributed by atoms with E-state index in [-0.39, 0.29) is 0 Å². The van der Waals surface area contributed by atoms with Gasteiger partial charge in [0.05, 0.1) is 0 Å². The Kier molecular flexibility index (Phi) is 3.70. The van der Waals surface area contributed by atoms with Crippen LogP contribution in [0, 0.1) is 13.8 Å². The van der Waals surface area contributed by atoms with Gasteiger partial charge in [-0.1, -0.05) is 97.1 Å². The third-order valence-corrected chi connectivity index (χ3v) is 6.54. The molecule has 0 aromatic heterocycles.